The van der Waals surface area contributed by atoms with Crippen LogP contribution in [-0.4, -0.2) is 23.0 Å². The third-order valence-electron chi connectivity index (χ3n) is 2.43. The SMILES string of the molecule is CCC(CC(=O)O)NC(=O)c1cc(N)cc(Cl)c1. The number of amides is 1. The molecule has 1 atom stereocenters. The molecule has 1 aromatic rings. The summed E-state index contributed by atoms with van der Waals surface area (Å²) in [6.45, 7) is 1.81. The van der Waals surface area contributed by atoms with Gasteiger partial charge >= 0.3 is 5.97 Å². The molecule has 1 unspecified atom stereocenters. The van der Waals surface area contributed by atoms with E-state index in [0.29, 0.717) is 22.7 Å². The maximum Gasteiger partial charge on any atom is 0.305 e. The second-order valence-electron chi connectivity index (χ2n) is 3.95. The highest BCUT2D eigenvalue weighted by molar-refractivity contribution is 6.31. The number of anilines is 1. The molecule has 0 heterocycles. The Balaban J connectivity index is 2.77. The molecule has 1 rings (SSSR count). The molecule has 0 aromatic heterocycles. The van der Waals surface area contributed by atoms with Crippen molar-refractivity contribution < 1.29 is 14.7 Å². The number of nitrogen functional groups attached to an aromatic ring is 1. The molecule has 0 bridgehead atoms. The van der Waals surface area contributed by atoms with E-state index in [-0.39, 0.29) is 12.3 Å². The number of carboxylic acids is 1. The smallest absolute Gasteiger partial charge is 0.305 e. The molecule has 0 radical (unpaired) electrons. The van der Waals surface area contributed by atoms with Crippen LogP contribution in [0.3, 0.4) is 0 Å². The summed E-state index contributed by atoms with van der Waals surface area (Å²) in [6.07, 6.45) is 0.423. The van der Waals surface area contributed by atoms with Crippen molar-refractivity contribution in [3.05, 3.63) is 28.8 Å². The van der Waals surface area contributed by atoms with Gasteiger partial charge in [0.25, 0.3) is 5.91 Å². The number of carboxylic acid groups (broad SMARTS) is 1. The lowest BCUT2D eigenvalue weighted by atomic mass is 10.1. The molecule has 4 N–H and O–H groups in total. The molecule has 98 valence electrons. The van der Waals surface area contributed by atoms with Crippen LogP contribution in [0.1, 0.15) is 30.1 Å². The molecule has 1 aromatic carbocycles. The first-order valence-corrected chi connectivity index (χ1v) is 5.89. The maximum atomic E-state index is 11.9. The Morgan fingerprint density at radius 3 is 2.61 bits per heavy atom. The predicted octanol–water partition coefficient (Wildman–Crippen LogP) is 1.91. The Hall–Kier alpha value is -1.75. The zero-order valence-electron chi connectivity index (χ0n) is 9.94. The van der Waals surface area contributed by atoms with Crippen LogP contribution in [0, 0.1) is 0 Å². The first kappa shape index (κ1) is 14.3. The monoisotopic (exact) mass is 270 g/mol. The second kappa shape index (κ2) is 6.26. The van der Waals surface area contributed by atoms with Crippen molar-refractivity contribution in [3.63, 3.8) is 0 Å². The summed E-state index contributed by atoms with van der Waals surface area (Å²) in [6, 6.07) is 4.11. The number of hydrogen-bond donors (Lipinski definition) is 3. The van der Waals surface area contributed by atoms with Crippen molar-refractivity contribution in [1.29, 1.82) is 0 Å². The molecule has 5 nitrogen and oxygen atoms in total. The van der Waals surface area contributed by atoms with Crippen LogP contribution in [0.4, 0.5) is 5.69 Å². The predicted molar refractivity (Wildman–Crippen MR) is 69.7 cm³/mol. The van der Waals surface area contributed by atoms with E-state index in [1.54, 1.807) is 6.92 Å². The van der Waals surface area contributed by atoms with Crippen molar-refractivity contribution in [3.8, 4) is 0 Å². The van der Waals surface area contributed by atoms with E-state index in [9.17, 15) is 9.59 Å². The number of benzene rings is 1. The fraction of sp³-hybridized carbons (Fsp3) is 0.333. The summed E-state index contributed by atoms with van der Waals surface area (Å²) in [5.74, 6) is -1.33. The third-order valence-corrected chi connectivity index (χ3v) is 2.65. The molecule has 1 amide bonds. The van der Waals surface area contributed by atoms with E-state index in [1.165, 1.54) is 18.2 Å². The van der Waals surface area contributed by atoms with E-state index in [2.05, 4.69) is 5.32 Å². The van der Waals surface area contributed by atoms with Crippen LogP contribution in [0.15, 0.2) is 18.2 Å². The van der Waals surface area contributed by atoms with Crippen molar-refractivity contribution >= 4 is 29.2 Å². The van der Waals surface area contributed by atoms with Gasteiger partial charge in [0, 0.05) is 22.3 Å². The van der Waals surface area contributed by atoms with Gasteiger partial charge < -0.3 is 16.2 Å². The number of carbonyl (C=O) groups is 2. The Morgan fingerprint density at radius 1 is 1.44 bits per heavy atom. The Morgan fingerprint density at radius 2 is 2.11 bits per heavy atom. The number of rotatable bonds is 5. The number of hydrogen-bond acceptors (Lipinski definition) is 3. The summed E-state index contributed by atoms with van der Waals surface area (Å²) in [4.78, 5) is 22.5. The zero-order valence-corrected chi connectivity index (χ0v) is 10.7. The molecule has 0 aliphatic carbocycles. The standard InChI is InChI=1S/C12H15ClN2O3/c1-2-10(6-11(16)17)15-12(18)7-3-8(13)5-9(14)4-7/h3-5,10H,2,6,14H2,1H3,(H,15,18)(H,16,17). The summed E-state index contributed by atoms with van der Waals surface area (Å²) in [7, 11) is 0. The average molecular weight is 271 g/mol. The molecule has 6 heteroatoms. The van der Waals surface area contributed by atoms with Crippen molar-refractivity contribution in [1.82, 2.24) is 5.32 Å². The van der Waals surface area contributed by atoms with Gasteiger partial charge in [0.2, 0.25) is 0 Å². The van der Waals surface area contributed by atoms with E-state index < -0.39 is 12.0 Å². The van der Waals surface area contributed by atoms with Gasteiger partial charge in [0.15, 0.2) is 0 Å². The lowest BCUT2D eigenvalue weighted by molar-refractivity contribution is -0.137. The lowest BCUT2D eigenvalue weighted by Gasteiger charge is -2.15. The van der Waals surface area contributed by atoms with E-state index in [0.717, 1.165) is 0 Å². The van der Waals surface area contributed by atoms with Crippen LogP contribution in [0.25, 0.3) is 0 Å². The molecular weight excluding hydrogens is 256 g/mol. The minimum Gasteiger partial charge on any atom is -0.481 e. The topological polar surface area (TPSA) is 92.4 Å². The molecule has 0 fully saturated rings. The van der Waals surface area contributed by atoms with Crippen LogP contribution < -0.4 is 11.1 Å². The average Bonchev–Trinajstić information content (AvgIpc) is 2.26. The molecule has 0 saturated carbocycles. The maximum absolute atomic E-state index is 11.9. The van der Waals surface area contributed by atoms with Gasteiger partial charge in [0.05, 0.1) is 6.42 Å². The highest BCUT2D eigenvalue weighted by Gasteiger charge is 2.15. The quantitative estimate of drug-likeness (QED) is 0.713. The first-order chi connectivity index (χ1) is 8.42. The normalized spacial score (nSPS) is 11.9. The van der Waals surface area contributed by atoms with E-state index >= 15 is 0 Å². The molecular formula is C12H15ClN2O3. The van der Waals surface area contributed by atoms with Crippen LogP contribution in [-0.2, 0) is 4.79 Å². The summed E-state index contributed by atoms with van der Waals surface area (Å²) < 4.78 is 0. The highest BCUT2D eigenvalue weighted by Crippen LogP contribution is 2.16. The molecule has 0 spiro atoms. The summed E-state index contributed by atoms with van der Waals surface area (Å²) in [5.41, 5.74) is 6.29. The largest absolute Gasteiger partial charge is 0.481 e. The van der Waals surface area contributed by atoms with Crippen LogP contribution in [0.5, 0.6) is 0 Å². The van der Waals surface area contributed by atoms with Gasteiger partial charge in [-0.25, -0.2) is 0 Å². The minimum absolute atomic E-state index is 0.113. The van der Waals surface area contributed by atoms with Gasteiger partial charge in [-0.15, -0.1) is 0 Å². The minimum atomic E-state index is -0.951. The molecule has 0 saturated heterocycles. The molecule has 0 aliphatic rings. The van der Waals surface area contributed by atoms with E-state index in [4.69, 9.17) is 22.4 Å². The van der Waals surface area contributed by atoms with Crippen molar-refractivity contribution in [2.75, 3.05) is 5.73 Å². The van der Waals surface area contributed by atoms with Crippen LogP contribution >= 0.6 is 11.6 Å². The third kappa shape index (κ3) is 4.25. The van der Waals surface area contributed by atoms with Gasteiger partial charge in [-0.1, -0.05) is 18.5 Å². The Bertz CT molecular complexity index is 442. The van der Waals surface area contributed by atoms with Gasteiger partial charge in [-0.3, -0.25) is 9.59 Å². The van der Waals surface area contributed by atoms with Gasteiger partial charge in [-0.2, -0.15) is 0 Å². The number of carbonyl (C=O) groups excluding carboxylic acids is 1. The Labute approximate surface area is 110 Å². The number of aliphatic carboxylic acids is 1. The zero-order chi connectivity index (χ0) is 13.7. The van der Waals surface area contributed by atoms with Gasteiger partial charge in [-0.05, 0) is 24.6 Å². The molecule has 0 aliphatic heterocycles. The summed E-state index contributed by atoms with van der Waals surface area (Å²) >= 11 is 5.79. The van der Waals surface area contributed by atoms with Crippen molar-refractivity contribution in [2.24, 2.45) is 0 Å². The second-order valence-corrected chi connectivity index (χ2v) is 4.39. The molecule has 18 heavy (non-hydrogen) atoms. The first-order valence-electron chi connectivity index (χ1n) is 5.51. The Kier molecular flexibility index (Phi) is 4.97. The number of halogens is 1. The van der Waals surface area contributed by atoms with E-state index in [1.807, 2.05) is 0 Å². The number of nitrogens with two attached hydrogens (primary N) is 1. The number of nitrogens with one attached hydrogen (secondary N) is 1. The highest BCUT2D eigenvalue weighted by atomic mass is 35.5. The fourth-order valence-electron chi connectivity index (χ4n) is 1.52. The van der Waals surface area contributed by atoms with Crippen LogP contribution in [0.2, 0.25) is 5.02 Å². The van der Waals surface area contributed by atoms with Crippen molar-refractivity contribution in [2.45, 2.75) is 25.8 Å². The fourth-order valence-corrected chi connectivity index (χ4v) is 1.76. The van der Waals surface area contributed by atoms with Gasteiger partial charge in [0.1, 0.15) is 0 Å². The lowest BCUT2D eigenvalue weighted by Crippen LogP contribution is -2.36. The summed E-state index contributed by atoms with van der Waals surface area (Å²) in [5, 5.41) is 11.7.